The SMILES string of the molecule is CCn1nc(C)c2ccnc(N3CCC(C(=O)Nc4ccc(NC(C)=O)cc4)CC3)c21. The molecular weight excluding hydrogens is 392 g/mol. The summed E-state index contributed by atoms with van der Waals surface area (Å²) < 4.78 is 2.01. The van der Waals surface area contributed by atoms with Gasteiger partial charge >= 0.3 is 0 Å². The summed E-state index contributed by atoms with van der Waals surface area (Å²) in [5, 5.41) is 11.5. The zero-order chi connectivity index (χ0) is 22.0. The highest BCUT2D eigenvalue weighted by Crippen LogP contribution is 2.30. The Balaban J connectivity index is 1.40. The Bertz CT molecular complexity index is 1100. The summed E-state index contributed by atoms with van der Waals surface area (Å²) in [7, 11) is 0. The first-order valence-electron chi connectivity index (χ1n) is 10.7. The maximum atomic E-state index is 12.8. The van der Waals surface area contributed by atoms with Crippen molar-refractivity contribution in [3.05, 3.63) is 42.2 Å². The minimum Gasteiger partial charge on any atom is -0.355 e. The van der Waals surface area contributed by atoms with Crippen LogP contribution in [0.25, 0.3) is 10.9 Å². The van der Waals surface area contributed by atoms with Gasteiger partial charge in [0.05, 0.1) is 5.69 Å². The number of rotatable bonds is 5. The summed E-state index contributed by atoms with van der Waals surface area (Å²) in [6.45, 7) is 7.93. The van der Waals surface area contributed by atoms with Gasteiger partial charge in [-0.2, -0.15) is 5.10 Å². The van der Waals surface area contributed by atoms with E-state index < -0.39 is 0 Å². The van der Waals surface area contributed by atoms with Gasteiger partial charge in [0, 0.05) is 55.4 Å². The second kappa shape index (κ2) is 8.75. The van der Waals surface area contributed by atoms with Crippen LogP contribution in [0.4, 0.5) is 17.2 Å². The van der Waals surface area contributed by atoms with E-state index in [2.05, 4.69) is 32.5 Å². The van der Waals surface area contributed by atoms with Crippen LogP contribution in [0.1, 0.15) is 32.4 Å². The van der Waals surface area contributed by atoms with Crippen molar-refractivity contribution in [2.45, 2.75) is 40.2 Å². The Hall–Kier alpha value is -3.42. The summed E-state index contributed by atoms with van der Waals surface area (Å²) >= 11 is 0. The number of fused-ring (bicyclic) bond motifs is 1. The molecule has 1 saturated heterocycles. The Morgan fingerprint density at radius 2 is 1.71 bits per heavy atom. The van der Waals surface area contributed by atoms with Gasteiger partial charge in [-0.1, -0.05) is 0 Å². The molecule has 1 fully saturated rings. The molecule has 0 atom stereocenters. The lowest BCUT2D eigenvalue weighted by molar-refractivity contribution is -0.120. The number of aromatic nitrogens is 3. The van der Waals surface area contributed by atoms with Crippen LogP contribution < -0.4 is 15.5 Å². The predicted octanol–water partition coefficient (Wildman–Crippen LogP) is 3.57. The highest BCUT2D eigenvalue weighted by atomic mass is 16.2. The quantitative estimate of drug-likeness (QED) is 0.658. The van der Waals surface area contributed by atoms with E-state index in [1.807, 2.05) is 23.9 Å². The van der Waals surface area contributed by atoms with Crippen molar-refractivity contribution in [1.29, 1.82) is 0 Å². The molecule has 2 N–H and O–H groups in total. The molecule has 2 aromatic heterocycles. The molecule has 1 aliphatic rings. The second-order valence-corrected chi connectivity index (χ2v) is 7.94. The molecule has 4 rings (SSSR count). The number of nitrogens with zero attached hydrogens (tertiary/aromatic N) is 4. The number of pyridine rings is 1. The largest absolute Gasteiger partial charge is 0.355 e. The zero-order valence-corrected chi connectivity index (χ0v) is 18.2. The predicted molar refractivity (Wildman–Crippen MR) is 122 cm³/mol. The number of hydrogen-bond acceptors (Lipinski definition) is 5. The number of carbonyl (C=O) groups excluding carboxylic acids is 2. The third kappa shape index (κ3) is 4.38. The molecule has 0 aliphatic carbocycles. The van der Waals surface area contributed by atoms with Gasteiger partial charge in [0.2, 0.25) is 11.8 Å². The second-order valence-electron chi connectivity index (χ2n) is 7.94. The molecule has 162 valence electrons. The summed E-state index contributed by atoms with van der Waals surface area (Å²) in [5.74, 6) is 0.828. The third-order valence-corrected chi connectivity index (χ3v) is 5.76. The molecule has 3 aromatic rings. The summed E-state index contributed by atoms with van der Waals surface area (Å²) in [4.78, 5) is 30.8. The number of benzene rings is 1. The Morgan fingerprint density at radius 1 is 1.06 bits per heavy atom. The third-order valence-electron chi connectivity index (χ3n) is 5.76. The van der Waals surface area contributed by atoms with Crippen molar-refractivity contribution < 1.29 is 9.59 Å². The fourth-order valence-electron chi connectivity index (χ4n) is 4.17. The lowest BCUT2D eigenvalue weighted by Crippen LogP contribution is -2.38. The molecule has 0 radical (unpaired) electrons. The number of carbonyl (C=O) groups is 2. The zero-order valence-electron chi connectivity index (χ0n) is 18.2. The van der Waals surface area contributed by atoms with Crippen molar-refractivity contribution >= 4 is 39.9 Å². The molecule has 1 aromatic carbocycles. The first kappa shape index (κ1) is 20.8. The summed E-state index contributed by atoms with van der Waals surface area (Å²) in [6, 6.07) is 9.19. The minimum absolute atomic E-state index is 0.0348. The average molecular weight is 421 g/mol. The van der Waals surface area contributed by atoms with Gasteiger partial charge in [0.15, 0.2) is 5.82 Å². The van der Waals surface area contributed by atoms with Crippen molar-refractivity contribution in [1.82, 2.24) is 14.8 Å². The standard InChI is InChI=1S/C23H28N6O2/c1-4-29-21-20(15(2)27-29)9-12-24-22(21)28-13-10-17(11-14-28)23(31)26-19-7-5-18(6-8-19)25-16(3)30/h5-9,12,17H,4,10-11,13-14H2,1-3H3,(H,25,30)(H,26,31). The molecule has 0 saturated carbocycles. The number of amides is 2. The van der Waals surface area contributed by atoms with Crippen LogP contribution in [0.5, 0.6) is 0 Å². The van der Waals surface area contributed by atoms with Crippen LogP contribution >= 0.6 is 0 Å². The van der Waals surface area contributed by atoms with Gasteiger partial charge < -0.3 is 15.5 Å². The summed E-state index contributed by atoms with van der Waals surface area (Å²) in [6.07, 6.45) is 3.38. The number of aryl methyl sites for hydroxylation is 2. The number of hydrogen-bond donors (Lipinski definition) is 2. The molecule has 8 heteroatoms. The van der Waals surface area contributed by atoms with Crippen LogP contribution in [0.3, 0.4) is 0 Å². The van der Waals surface area contributed by atoms with Crippen LogP contribution in [0.15, 0.2) is 36.5 Å². The normalized spacial score (nSPS) is 14.6. The van der Waals surface area contributed by atoms with Gasteiger partial charge in [-0.3, -0.25) is 14.3 Å². The number of anilines is 3. The Kier molecular flexibility index (Phi) is 5.88. The Morgan fingerprint density at radius 3 is 2.32 bits per heavy atom. The molecule has 0 bridgehead atoms. The monoisotopic (exact) mass is 420 g/mol. The molecule has 1 aliphatic heterocycles. The van der Waals surface area contributed by atoms with E-state index in [0.717, 1.165) is 60.6 Å². The van der Waals surface area contributed by atoms with Crippen molar-refractivity contribution in [3.63, 3.8) is 0 Å². The van der Waals surface area contributed by atoms with Gasteiger partial charge in [0.25, 0.3) is 0 Å². The number of nitrogens with one attached hydrogen (secondary N) is 2. The van der Waals surface area contributed by atoms with Crippen molar-refractivity contribution in [2.75, 3.05) is 28.6 Å². The van der Waals surface area contributed by atoms with Crippen LogP contribution in [0.2, 0.25) is 0 Å². The molecule has 8 nitrogen and oxygen atoms in total. The van der Waals surface area contributed by atoms with E-state index >= 15 is 0 Å². The smallest absolute Gasteiger partial charge is 0.227 e. The molecule has 2 amide bonds. The van der Waals surface area contributed by atoms with Gasteiger partial charge in [-0.05, 0) is 57.0 Å². The first-order chi connectivity index (χ1) is 15.0. The molecular formula is C23H28N6O2. The lowest BCUT2D eigenvalue weighted by atomic mass is 9.95. The topological polar surface area (TPSA) is 92.2 Å². The maximum absolute atomic E-state index is 12.8. The minimum atomic E-state index is -0.120. The summed E-state index contributed by atoms with van der Waals surface area (Å²) in [5.41, 5.74) is 3.53. The van der Waals surface area contributed by atoms with Crippen LogP contribution in [-0.4, -0.2) is 39.7 Å². The fourth-order valence-corrected chi connectivity index (χ4v) is 4.17. The Labute approximate surface area is 181 Å². The number of piperidine rings is 1. The van der Waals surface area contributed by atoms with Gasteiger partial charge in [0.1, 0.15) is 5.52 Å². The highest BCUT2D eigenvalue weighted by molar-refractivity contribution is 5.94. The van der Waals surface area contributed by atoms with Crippen LogP contribution in [-0.2, 0) is 16.1 Å². The molecule has 0 spiro atoms. The van der Waals surface area contributed by atoms with E-state index in [4.69, 9.17) is 0 Å². The average Bonchev–Trinajstić information content (AvgIpc) is 3.11. The molecule has 0 unspecified atom stereocenters. The lowest BCUT2D eigenvalue weighted by Gasteiger charge is -2.32. The van der Waals surface area contributed by atoms with E-state index in [1.165, 1.54) is 6.92 Å². The van der Waals surface area contributed by atoms with Gasteiger partial charge in [-0.25, -0.2) is 4.98 Å². The maximum Gasteiger partial charge on any atom is 0.227 e. The van der Waals surface area contributed by atoms with E-state index in [0.29, 0.717) is 5.69 Å². The van der Waals surface area contributed by atoms with Gasteiger partial charge in [-0.15, -0.1) is 0 Å². The van der Waals surface area contributed by atoms with E-state index in [-0.39, 0.29) is 17.7 Å². The molecule has 3 heterocycles. The highest BCUT2D eigenvalue weighted by Gasteiger charge is 2.27. The van der Waals surface area contributed by atoms with Crippen molar-refractivity contribution in [2.24, 2.45) is 5.92 Å². The first-order valence-corrected chi connectivity index (χ1v) is 10.7. The van der Waals surface area contributed by atoms with E-state index in [1.54, 1.807) is 24.3 Å². The van der Waals surface area contributed by atoms with E-state index in [9.17, 15) is 9.59 Å². The van der Waals surface area contributed by atoms with Crippen molar-refractivity contribution in [3.8, 4) is 0 Å². The van der Waals surface area contributed by atoms with Crippen LogP contribution in [0, 0.1) is 12.8 Å². The fraction of sp³-hybridized carbons (Fsp3) is 0.391. The molecule has 31 heavy (non-hydrogen) atoms.